The van der Waals surface area contributed by atoms with Crippen molar-refractivity contribution in [1.29, 1.82) is 0 Å². The van der Waals surface area contributed by atoms with E-state index in [-0.39, 0.29) is 0 Å². The first-order valence-electron chi connectivity index (χ1n) is 10.2. The zero-order valence-electron chi connectivity index (χ0n) is 17.5. The van der Waals surface area contributed by atoms with Gasteiger partial charge < -0.3 is 24.6 Å². The lowest BCUT2D eigenvalue weighted by Crippen LogP contribution is -2.24. The molecule has 0 radical (unpaired) electrons. The number of nitrogens with one attached hydrogen (secondary N) is 1. The van der Waals surface area contributed by atoms with Gasteiger partial charge in [0.15, 0.2) is 6.10 Å². The predicted octanol–water partition coefficient (Wildman–Crippen LogP) is 4.92. The van der Waals surface area contributed by atoms with Crippen LogP contribution < -0.4 is 14.8 Å². The quantitative estimate of drug-likeness (QED) is 0.404. The maximum absolute atomic E-state index is 11.0. The number of aliphatic carboxylic acids is 1. The molecule has 3 rings (SSSR count). The van der Waals surface area contributed by atoms with Crippen LogP contribution in [0.1, 0.15) is 12.0 Å². The van der Waals surface area contributed by atoms with Crippen molar-refractivity contribution in [3.05, 3.63) is 84.4 Å². The highest BCUT2D eigenvalue weighted by molar-refractivity contribution is 5.72. The number of carbonyl (C=O) groups is 1. The summed E-state index contributed by atoms with van der Waals surface area (Å²) < 4.78 is 16.5. The molecule has 0 aliphatic rings. The van der Waals surface area contributed by atoms with Gasteiger partial charge in [-0.1, -0.05) is 36.4 Å². The summed E-state index contributed by atoms with van der Waals surface area (Å²) in [5.41, 5.74) is 2.88. The molecule has 0 aliphatic heterocycles. The Morgan fingerprint density at radius 2 is 1.55 bits per heavy atom. The van der Waals surface area contributed by atoms with Gasteiger partial charge in [0.1, 0.15) is 11.5 Å². The van der Waals surface area contributed by atoms with Crippen LogP contribution in [0.2, 0.25) is 0 Å². The zero-order valence-corrected chi connectivity index (χ0v) is 17.5. The third-order valence-electron chi connectivity index (χ3n) is 4.63. The molecule has 0 heterocycles. The molecule has 0 aliphatic carbocycles. The second-order valence-electron chi connectivity index (χ2n) is 6.98. The summed E-state index contributed by atoms with van der Waals surface area (Å²) in [7, 11) is 1.40. The molecular formula is C25H27NO5. The van der Waals surface area contributed by atoms with Crippen LogP contribution in [0.3, 0.4) is 0 Å². The Morgan fingerprint density at radius 3 is 2.23 bits per heavy atom. The van der Waals surface area contributed by atoms with E-state index >= 15 is 0 Å². The fourth-order valence-corrected chi connectivity index (χ4v) is 3.00. The van der Waals surface area contributed by atoms with E-state index < -0.39 is 12.1 Å². The second kappa shape index (κ2) is 11.6. The minimum atomic E-state index is -0.968. The molecule has 0 saturated carbocycles. The third-order valence-corrected chi connectivity index (χ3v) is 4.63. The number of anilines is 2. The van der Waals surface area contributed by atoms with E-state index in [0.717, 1.165) is 34.9 Å². The lowest BCUT2D eigenvalue weighted by atomic mass is 10.1. The molecule has 6 nitrogen and oxygen atoms in total. The molecule has 0 bridgehead atoms. The SMILES string of the molecule is CO[C@@H](Cc1ccc(OCCCOc2cccc(Nc3ccccc3)c2)cc1)C(=O)O. The van der Waals surface area contributed by atoms with Crippen molar-refractivity contribution in [3.8, 4) is 11.5 Å². The average molecular weight is 421 g/mol. The molecule has 162 valence electrons. The van der Waals surface area contributed by atoms with Crippen LogP contribution in [-0.4, -0.2) is 37.5 Å². The van der Waals surface area contributed by atoms with E-state index in [0.29, 0.717) is 19.6 Å². The molecule has 0 amide bonds. The summed E-state index contributed by atoms with van der Waals surface area (Å²) in [6.45, 7) is 1.07. The number of hydrogen-bond acceptors (Lipinski definition) is 5. The highest BCUT2D eigenvalue weighted by Crippen LogP contribution is 2.21. The van der Waals surface area contributed by atoms with E-state index in [1.165, 1.54) is 7.11 Å². The van der Waals surface area contributed by atoms with Crippen molar-refractivity contribution in [3.63, 3.8) is 0 Å². The van der Waals surface area contributed by atoms with Crippen molar-refractivity contribution >= 4 is 17.3 Å². The predicted molar refractivity (Wildman–Crippen MR) is 120 cm³/mol. The minimum Gasteiger partial charge on any atom is -0.493 e. The summed E-state index contributed by atoms with van der Waals surface area (Å²) in [4.78, 5) is 11.0. The summed E-state index contributed by atoms with van der Waals surface area (Å²) in [6.07, 6.45) is 0.214. The standard InChI is InChI=1S/C25H27NO5/c1-29-24(25(27)28)17-19-11-13-22(14-12-19)30-15-6-16-31-23-10-5-9-21(18-23)26-20-7-3-2-4-8-20/h2-5,7-14,18,24,26H,6,15-17H2,1H3,(H,27,28)/t24-/m0/s1. The monoisotopic (exact) mass is 421 g/mol. The first-order chi connectivity index (χ1) is 15.1. The summed E-state index contributed by atoms with van der Waals surface area (Å²) in [6, 6.07) is 25.2. The Bertz CT molecular complexity index is 944. The van der Waals surface area contributed by atoms with Gasteiger partial charge in [-0.25, -0.2) is 4.79 Å². The van der Waals surface area contributed by atoms with Gasteiger partial charge in [-0.15, -0.1) is 0 Å². The largest absolute Gasteiger partial charge is 0.493 e. The molecule has 3 aromatic carbocycles. The molecule has 0 aromatic heterocycles. The Morgan fingerprint density at radius 1 is 0.871 bits per heavy atom. The topological polar surface area (TPSA) is 77.0 Å². The van der Waals surface area contributed by atoms with E-state index in [4.69, 9.17) is 19.3 Å². The number of benzene rings is 3. The van der Waals surface area contributed by atoms with E-state index in [1.54, 1.807) is 0 Å². The van der Waals surface area contributed by atoms with Crippen LogP contribution in [0.25, 0.3) is 0 Å². The number of para-hydroxylation sites is 1. The first kappa shape index (κ1) is 22.2. The summed E-state index contributed by atoms with van der Waals surface area (Å²) in [5, 5.41) is 12.4. The van der Waals surface area contributed by atoms with Crippen molar-refractivity contribution in [1.82, 2.24) is 0 Å². The molecule has 2 N–H and O–H groups in total. The van der Waals surface area contributed by atoms with Crippen LogP contribution in [0.4, 0.5) is 11.4 Å². The normalized spacial score (nSPS) is 11.5. The fraction of sp³-hybridized carbons (Fsp3) is 0.240. The number of ether oxygens (including phenoxy) is 3. The van der Waals surface area contributed by atoms with Gasteiger partial charge in [0.25, 0.3) is 0 Å². The van der Waals surface area contributed by atoms with E-state index in [9.17, 15) is 4.79 Å². The van der Waals surface area contributed by atoms with Crippen LogP contribution in [0.15, 0.2) is 78.9 Å². The highest BCUT2D eigenvalue weighted by Gasteiger charge is 2.16. The molecule has 0 unspecified atom stereocenters. The third kappa shape index (κ3) is 7.35. The van der Waals surface area contributed by atoms with Crippen LogP contribution in [0.5, 0.6) is 11.5 Å². The molecular weight excluding hydrogens is 394 g/mol. The highest BCUT2D eigenvalue weighted by atomic mass is 16.5. The van der Waals surface area contributed by atoms with Crippen LogP contribution in [0, 0.1) is 0 Å². The molecule has 0 fully saturated rings. The minimum absolute atomic E-state index is 0.318. The number of methoxy groups -OCH3 is 1. The molecule has 31 heavy (non-hydrogen) atoms. The molecule has 6 heteroatoms. The van der Waals surface area contributed by atoms with Gasteiger partial charge in [-0.3, -0.25) is 0 Å². The molecule has 0 spiro atoms. The Kier molecular flexibility index (Phi) is 8.31. The van der Waals surface area contributed by atoms with E-state index in [1.807, 2.05) is 78.9 Å². The smallest absolute Gasteiger partial charge is 0.333 e. The van der Waals surface area contributed by atoms with Crippen LogP contribution in [-0.2, 0) is 16.0 Å². The fourth-order valence-electron chi connectivity index (χ4n) is 3.00. The van der Waals surface area contributed by atoms with E-state index in [2.05, 4.69) is 5.32 Å². The number of hydrogen-bond donors (Lipinski definition) is 2. The van der Waals surface area contributed by atoms with Gasteiger partial charge >= 0.3 is 5.97 Å². The number of carboxylic acid groups (broad SMARTS) is 1. The Hall–Kier alpha value is -3.51. The molecule has 3 aromatic rings. The molecule has 1 atom stereocenters. The van der Waals surface area contributed by atoms with Crippen molar-refractivity contribution < 1.29 is 24.1 Å². The van der Waals surface area contributed by atoms with Crippen molar-refractivity contribution in [2.24, 2.45) is 0 Å². The zero-order chi connectivity index (χ0) is 21.9. The van der Waals surface area contributed by atoms with Crippen LogP contribution >= 0.6 is 0 Å². The number of carboxylic acids is 1. The lowest BCUT2D eigenvalue weighted by Gasteiger charge is -2.12. The second-order valence-corrected chi connectivity index (χ2v) is 6.98. The first-order valence-corrected chi connectivity index (χ1v) is 10.2. The van der Waals surface area contributed by atoms with Gasteiger partial charge in [0.05, 0.1) is 13.2 Å². The summed E-state index contributed by atoms with van der Waals surface area (Å²) >= 11 is 0. The van der Waals surface area contributed by atoms with Gasteiger partial charge in [0, 0.05) is 37.4 Å². The average Bonchev–Trinajstić information content (AvgIpc) is 2.79. The number of rotatable bonds is 12. The van der Waals surface area contributed by atoms with Gasteiger partial charge in [0.2, 0.25) is 0 Å². The van der Waals surface area contributed by atoms with Gasteiger partial charge in [-0.05, 0) is 42.0 Å². The lowest BCUT2D eigenvalue weighted by molar-refractivity contribution is -0.148. The maximum Gasteiger partial charge on any atom is 0.333 e. The Labute approximate surface area is 182 Å². The van der Waals surface area contributed by atoms with Crippen molar-refractivity contribution in [2.75, 3.05) is 25.6 Å². The van der Waals surface area contributed by atoms with Crippen molar-refractivity contribution in [2.45, 2.75) is 18.9 Å². The Balaban J connectivity index is 1.38. The molecule has 0 saturated heterocycles. The maximum atomic E-state index is 11.0. The summed E-state index contributed by atoms with van der Waals surface area (Å²) in [5.74, 6) is 0.572. The van der Waals surface area contributed by atoms with Gasteiger partial charge in [-0.2, -0.15) is 0 Å².